The van der Waals surface area contributed by atoms with Crippen molar-refractivity contribution >= 4 is 40.5 Å². The molecule has 3 nitrogen and oxygen atoms in total. The monoisotopic (exact) mass is 322 g/mol. The van der Waals surface area contributed by atoms with Crippen molar-refractivity contribution in [1.82, 2.24) is 0 Å². The van der Waals surface area contributed by atoms with E-state index in [0.29, 0.717) is 21.3 Å². The predicted molar refractivity (Wildman–Crippen MR) is 89.6 cm³/mol. The SMILES string of the molecule is CCCNc1ccccc1C(=O)Nc1ccc(Cl)c(Cl)c1. The molecule has 0 spiro atoms. The van der Waals surface area contributed by atoms with Gasteiger partial charge in [0, 0.05) is 17.9 Å². The Morgan fingerprint density at radius 3 is 2.57 bits per heavy atom. The summed E-state index contributed by atoms with van der Waals surface area (Å²) in [7, 11) is 0. The summed E-state index contributed by atoms with van der Waals surface area (Å²) in [6.45, 7) is 2.89. The molecule has 2 N–H and O–H groups in total. The van der Waals surface area contributed by atoms with E-state index in [4.69, 9.17) is 23.2 Å². The first-order chi connectivity index (χ1) is 10.1. The standard InChI is InChI=1S/C16H16Cl2N2O/c1-2-9-19-15-6-4-3-5-12(15)16(21)20-11-7-8-13(17)14(18)10-11/h3-8,10,19H,2,9H2,1H3,(H,20,21). The zero-order chi connectivity index (χ0) is 15.2. The van der Waals surface area contributed by atoms with Gasteiger partial charge in [0.05, 0.1) is 15.6 Å². The zero-order valence-corrected chi connectivity index (χ0v) is 13.1. The quantitative estimate of drug-likeness (QED) is 0.807. The molecule has 0 aliphatic heterocycles. The summed E-state index contributed by atoms with van der Waals surface area (Å²) in [6.07, 6.45) is 0.989. The number of hydrogen-bond acceptors (Lipinski definition) is 2. The Balaban J connectivity index is 2.18. The molecule has 0 fully saturated rings. The van der Waals surface area contributed by atoms with Crippen LogP contribution >= 0.6 is 23.2 Å². The van der Waals surface area contributed by atoms with Crippen LogP contribution in [0.2, 0.25) is 10.0 Å². The molecule has 110 valence electrons. The van der Waals surface area contributed by atoms with E-state index in [2.05, 4.69) is 17.6 Å². The number of para-hydroxylation sites is 1. The minimum absolute atomic E-state index is 0.187. The number of benzene rings is 2. The number of rotatable bonds is 5. The van der Waals surface area contributed by atoms with Crippen molar-refractivity contribution < 1.29 is 4.79 Å². The van der Waals surface area contributed by atoms with Crippen LogP contribution in [0, 0.1) is 0 Å². The molecule has 21 heavy (non-hydrogen) atoms. The lowest BCUT2D eigenvalue weighted by atomic mass is 10.1. The van der Waals surface area contributed by atoms with Gasteiger partial charge < -0.3 is 10.6 Å². The van der Waals surface area contributed by atoms with Crippen molar-refractivity contribution in [3.05, 3.63) is 58.1 Å². The molecule has 0 saturated heterocycles. The fourth-order valence-electron chi connectivity index (χ4n) is 1.87. The van der Waals surface area contributed by atoms with Crippen molar-refractivity contribution in [2.75, 3.05) is 17.2 Å². The highest BCUT2D eigenvalue weighted by Gasteiger charge is 2.11. The van der Waals surface area contributed by atoms with Crippen LogP contribution in [0.4, 0.5) is 11.4 Å². The van der Waals surface area contributed by atoms with Gasteiger partial charge in [0.1, 0.15) is 0 Å². The van der Waals surface area contributed by atoms with Gasteiger partial charge in [0.25, 0.3) is 5.91 Å². The molecule has 0 atom stereocenters. The summed E-state index contributed by atoms with van der Waals surface area (Å²) < 4.78 is 0. The molecule has 0 heterocycles. The molecule has 5 heteroatoms. The first-order valence-electron chi connectivity index (χ1n) is 6.71. The number of carbonyl (C=O) groups excluding carboxylic acids is 1. The van der Waals surface area contributed by atoms with Gasteiger partial charge in [-0.15, -0.1) is 0 Å². The first kappa shape index (κ1) is 15.7. The lowest BCUT2D eigenvalue weighted by Gasteiger charge is -2.12. The van der Waals surface area contributed by atoms with Gasteiger partial charge in [-0.3, -0.25) is 4.79 Å². The maximum absolute atomic E-state index is 12.4. The Bertz CT molecular complexity index is 644. The van der Waals surface area contributed by atoms with Gasteiger partial charge in [-0.2, -0.15) is 0 Å². The summed E-state index contributed by atoms with van der Waals surface area (Å²) in [5.74, 6) is -0.187. The van der Waals surface area contributed by atoms with Crippen molar-refractivity contribution in [3.63, 3.8) is 0 Å². The van der Waals surface area contributed by atoms with E-state index in [1.807, 2.05) is 18.2 Å². The number of halogens is 2. The molecule has 0 bridgehead atoms. The summed E-state index contributed by atoms with van der Waals surface area (Å²) >= 11 is 11.8. The fourth-order valence-corrected chi connectivity index (χ4v) is 2.17. The smallest absolute Gasteiger partial charge is 0.257 e. The minimum atomic E-state index is -0.187. The van der Waals surface area contributed by atoms with Crippen molar-refractivity contribution in [3.8, 4) is 0 Å². The van der Waals surface area contributed by atoms with Gasteiger partial charge in [0.2, 0.25) is 0 Å². The number of carbonyl (C=O) groups is 1. The highest BCUT2D eigenvalue weighted by atomic mass is 35.5. The molecule has 0 saturated carbocycles. The van der Waals surface area contributed by atoms with Gasteiger partial charge >= 0.3 is 0 Å². The summed E-state index contributed by atoms with van der Waals surface area (Å²) in [4.78, 5) is 12.4. The lowest BCUT2D eigenvalue weighted by molar-refractivity contribution is 0.102. The fraction of sp³-hybridized carbons (Fsp3) is 0.188. The molecular weight excluding hydrogens is 307 g/mol. The lowest BCUT2D eigenvalue weighted by Crippen LogP contribution is -2.15. The van der Waals surface area contributed by atoms with Crippen LogP contribution < -0.4 is 10.6 Å². The third kappa shape index (κ3) is 4.13. The van der Waals surface area contributed by atoms with E-state index >= 15 is 0 Å². The molecule has 0 aliphatic rings. The molecule has 0 aromatic heterocycles. The molecule has 0 radical (unpaired) electrons. The summed E-state index contributed by atoms with van der Waals surface area (Å²) in [5.41, 5.74) is 2.02. The first-order valence-corrected chi connectivity index (χ1v) is 7.46. The van der Waals surface area contributed by atoms with E-state index in [0.717, 1.165) is 18.7 Å². The Hall–Kier alpha value is -1.71. The molecule has 2 aromatic rings. The maximum Gasteiger partial charge on any atom is 0.257 e. The van der Waals surface area contributed by atoms with Crippen LogP contribution in [0.15, 0.2) is 42.5 Å². The van der Waals surface area contributed by atoms with E-state index in [9.17, 15) is 4.79 Å². The van der Waals surface area contributed by atoms with E-state index in [-0.39, 0.29) is 5.91 Å². The normalized spacial score (nSPS) is 10.2. The van der Waals surface area contributed by atoms with Crippen LogP contribution in [0.3, 0.4) is 0 Å². The van der Waals surface area contributed by atoms with E-state index in [1.165, 1.54) is 0 Å². The van der Waals surface area contributed by atoms with E-state index in [1.54, 1.807) is 24.3 Å². The summed E-state index contributed by atoms with van der Waals surface area (Å²) in [5, 5.41) is 6.93. The topological polar surface area (TPSA) is 41.1 Å². The van der Waals surface area contributed by atoms with Crippen LogP contribution in [-0.4, -0.2) is 12.5 Å². The maximum atomic E-state index is 12.4. The third-order valence-electron chi connectivity index (χ3n) is 2.91. The molecule has 0 aliphatic carbocycles. The van der Waals surface area contributed by atoms with Crippen LogP contribution in [0.5, 0.6) is 0 Å². The highest BCUT2D eigenvalue weighted by molar-refractivity contribution is 6.42. The van der Waals surface area contributed by atoms with E-state index < -0.39 is 0 Å². The van der Waals surface area contributed by atoms with Gasteiger partial charge in [0.15, 0.2) is 0 Å². The third-order valence-corrected chi connectivity index (χ3v) is 3.65. The second-order valence-electron chi connectivity index (χ2n) is 4.56. The number of amides is 1. The Morgan fingerprint density at radius 2 is 1.86 bits per heavy atom. The average Bonchev–Trinajstić information content (AvgIpc) is 2.49. The number of anilines is 2. The summed E-state index contributed by atoms with van der Waals surface area (Å²) in [6, 6.07) is 12.4. The van der Waals surface area contributed by atoms with Gasteiger partial charge in [-0.25, -0.2) is 0 Å². The Labute approximate surface area is 134 Å². The van der Waals surface area contributed by atoms with Crippen molar-refractivity contribution in [2.24, 2.45) is 0 Å². The molecule has 2 rings (SSSR count). The zero-order valence-electron chi connectivity index (χ0n) is 11.6. The predicted octanol–water partition coefficient (Wildman–Crippen LogP) is 5.07. The van der Waals surface area contributed by atoms with Crippen LogP contribution in [0.1, 0.15) is 23.7 Å². The molecule has 2 aromatic carbocycles. The van der Waals surface area contributed by atoms with Crippen LogP contribution in [-0.2, 0) is 0 Å². The second kappa shape index (κ2) is 7.34. The van der Waals surface area contributed by atoms with Crippen molar-refractivity contribution in [2.45, 2.75) is 13.3 Å². The largest absolute Gasteiger partial charge is 0.384 e. The molecular formula is C16H16Cl2N2O. The highest BCUT2D eigenvalue weighted by Crippen LogP contribution is 2.26. The molecule has 0 unspecified atom stereocenters. The van der Waals surface area contributed by atoms with Gasteiger partial charge in [-0.1, -0.05) is 42.3 Å². The second-order valence-corrected chi connectivity index (χ2v) is 5.37. The van der Waals surface area contributed by atoms with Gasteiger partial charge in [-0.05, 0) is 36.8 Å². The van der Waals surface area contributed by atoms with Crippen LogP contribution in [0.25, 0.3) is 0 Å². The molecule has 1 amide bonds. The Kier molecular flexibility index (Phi) is 5.48. The average molecular weight is 323 g/mol. The number of nitrogens with one attached hydrogen (secondary N) is 2. The van der Waals surface area contributed by atoms with Crippen molar-refractivity contribution in [1.29, 1.82) is 0 Å². The minimum Gasteiger partial charge on any atom is -0.384 e. The Morgan fingerprint density at radius 1 is 1.10 bits per heavy atom. The number of hydrogen-bond donors (Lipinski definition) is 2.